The first kappa shape index (κ1) is 29.2. The summed E-state index contributed by atoms with van der Waals surface area (Å²) in [7, 11) is 1.33. The first-order valence-corrected chi connectivity index (χ1v) is 14.1. The molecule has 37 heavy (non-hydrogen) atoms. The SMILES string of the molecule is COC(=O)c1ccc(CCCN2C(=O)C(F)(F)C[C@@H]2CC[C@@H](O)[C@H](C)CCCCCc2ccccc2)s1. The highest BCUT2D eigenvalue weighted by atomic mass is 32.1. The van der Waals surface area contributed by atoms with Crippen molar-refractivity contribution >= 4 is 23.2 Å². The van der Waals surface area contributed by atoms with Crippen LogP contribution in [0.4, 0.5) is 8.78 Å². The van der Waals surface area contributed by atoms with Crippen LogP contribution in [0.3, 0.4) is 0 Å². The number of nitrogens with zero attached hydrogens (tertiary/aromatic N) is 1. The van der Waals surface area contributed by atoms with Gasteiger partial charge in [0.2, 0.25) is 0 Å². The van der Waals surface area contributed by atoms with Crippen LogP contribution in [0.5, 0.6) is 0 Å². The number of carbonyl (C=O) groups excluding carboxylic acids is 2. The minimum Gasteiger partial charge on any atom is -0.465 e. The summed E-state index contributed by atoms with van der Waals surface area (Å²) in [6.45, 7) is 2.25. The molecule has 1 aromatic carbocycles. The maximum atomic E-state index is 14.3. The fraction of sp³-hybridized carbons (Fsp3) is 0.586. The highest BCUT2D eigenvalue weighted by Gasteiger charge is 2.52. The zero-order chi connectivity index (χ0) is 26.8. The number of unbranched alkanes of at least 4 members (excludes halogenated alkanes) is 2. The molecule has 204 valence electrons. The Morgan fingerprint density at radius 1 is 1.11 bits per heavy atom. The number of hydrogen-bond acceptors (Lipinski definition) is 5. The van der Waals surface area contributed by atoms with Gasteiger partial charge in [0.25, 0.3) is 5.91 Å². The molecule has 0 radical (unpaired) electrons. The largest absolute Gasteiger partial charge is 0.465 e. The lowest BCUT2D eigenvalue weighted by molar-refractivity contribution is -0.148. The smallest absolute Gasteiger partial charge is 0.348 e. The molecule has 3 atom stereocenters. The van der Waals surface area contributed by atoms with Gasteiger partial charge in [-0.05, 0) is 68.6 Å². The monoisotopic (exact) mass is 535 g/mol. The van der Waals surface area contributed by atoms with Crippen molar-refractivity contribution in [3.8, 4) is 0 Å². The van der Waals surface area contributed by atoms with Gasteiger partial charge in [-0.25, -0.2) is 4.79 Å². The summed E-state index contributed by atoms with van der Waals surface area (Å²) in [5.41, 5.74) is 1.34. The molecule has 1 fully saturated rings. The Balaban J connectivity index is 1.40. The molecule has 0 unspecified atom stereocenters. The highest BCUT2D eigenvalue weighted by Crippen LogP contribution is 2.36. The van der Waals surface area contributed by atoms with Crippen LogP contribution in [0.15, 0.2) is 42.5 Å². The van der Waals surface area contributed by atoms with E-state index >= 15 is 0 Å². The summed E-state index contributed by atoms with van der Waals surface area (Å²) in [4.78, 5) is 26.7. The first-order valence-electron chi connectivity index (χ1n) is 13.3. The number of alkyl halides is 2. The van der Waals surface area contributed by atoms with Gasteiger partial charge in [0, 0.05) is 23.9 Å². The maximum absolute atomic E-state index is 14.3. The van der Waals surface area contributed by atoms with Gasteiger partial charge in [-0.2, -0.15) is 8.78 Å². The Bertz CT molecular complexity index is 997. The predicted octanol–water partition coefficient (Wildman–Crippen LogP) is 6.28. The topological polar surface area (TPSA) is 66.8 Å². The van der Waals surface area contributed by atoms with Crippen LogP contribution >= 0.6 is 11.3 Å². The van der Waals surface area contributed by atoms with Crippen LogP contribution in [0.2, 0.25) is 0 Å². The minimum atomic E-state index is -3.35. The van der Waals surface area contributed by atoms with Gasteiger partial charge < -0.3 is 14.7 Å². The molecular formula is C29H39F2NO4S. The third-order valence-corrected chi connectivity index (χ3v) is 8.42. The van der Waals surface area contributed by atoms with Crippen molar-refractivity contribution in [2.75, 3.05) is 13.7 Å². The van der Waals surface area contributed by atoms with Gasteiger partial charge in [-0.15, -0.1) is 11.3 Å². The lowest BCUT2D eigenvalue weighted by Crippen LogP contribution is -2.37. The maximum Gasteiger partial charge on any atom is 0.348 e. The van der Waals surface area contributed by atoms with E-state index in [-0.39, 0.29) is 12.5 Å². The third kappa shape index (κ3) is 8.60. The number of carbonyl (C=O) groups is 2. The summed E-state index contributed by atoms with van der Waals surface area (Å²) >= 11 is 1.32. The molecule has 1 saturated heterocycles. The summed E-state index contributed by atoms with van der Waals surface area (Å²) in [5.74, 6) is -4.77. The summed E-state index contributed by atoms with van der Waals surface area (Å²) < 4.78 is 33.2. The van der Waals surface area contributed by atoms with E-state index in [2.05, 4.69) is 24.3 Å². The number of thiophene rings is 1. The van der Waals surface area contributed by atoms with Crippen LogP contribution in [-0.2, 0) is 22.4 Å². The molecule has 1 N–H and O–H groups in total. The van der Waals surface area contributed by atoms with Gasteiger partial charge in [-0.1, -0.05) is 50.1 Å². The molecule has 0 aliphatic carbocycles. The second-order valence-electron chi connectivity index (χ2n) is 10.1. The summed E-state index contributed by atoms with van der Waals surface area (Å²) in [6, 6.07) is 13.3. The van der Waals surface area contributed by atoms with Gasteiger partial charge in [0.05, 0.1) is 13.2 Å². The Hall–Kier alpha value is -2.32. The first-order chi connectivity index (χ1) is 17.7. The van der Waals surface area contributed by atoms with E-state index in [1.165, 1.54) is 28.9 Å². The van der Waals surface area contributed by atoms with E-state index in [1.54, 1.807) is 6.07 Å². The quantitative estimate of drug-likeness (QED) is 0.215. The normalized spacial score (nSPS) is 18.7. The number of benzene rings is 1. The molecule has 1 amide bonds. The molecule has 0 saturated carbocycles. The molecule has 8 heteroatoms. The molecule has 3 rings (SSSR count). The minimum absolute atomic E-state index is 0.0885. The second-order valence-corrected chi connectivity index (χ2v) is 11.3. The number of ether oxygens (including phenoxy) is 1. The van der Waals surface area contributed by atoms with E-state index in [0.29, 0.717) is 30.6 Å². The fourth-order valence-corrected chi connectivity index (χ4v) is 5.98. The van der Waals surface area contributed by atoms with Crippen molar-refractivity contribution in [3.63, 3.8) is 0 Å². The Morgan fingerprint density at radius 2 is 1.86 bits per heavy atom. The Morgan fingerprint density at radius 3 is 2.59 bits per heavy atom. The third-order valence-electron chi connectivity index (χ3n) is 7.30. The molecule has 2 aromatic rings. The van der Waals surface area contributed by atoms with E-state index in [1.807, 2.05) is 19.1 Å². The van der Waals surface area contributed by atoms with Crippen molar-refractivity contribution in [1.29, 1.82) is 0 Å². The van der Waals surface area contributed by atoms with Crippen molar-refractivity contribution in [1.82, 2.24) is 4.90 Å². The zero-order valence-electron chi connectivity index (χ0n) is 21.8. The fourth-order valence-electron chi connectivity index (χ4n) is 5.01. The molecule has 0 bridgehead atoms. The van der Waals surface area contributed by atoms with Gasteiger partial charge in [0.15, 0.2) is 0 Å². The standard InChI is InChI=1S/C29H39F2NO4S/c1-21(10-5-3-6-11-22-12-7-4-8-13-22)25(33)17-15-23-20-29(30,31)28(35)32(23)19-9-14-24-16-18-26(37-24)27(34)36-2/h4,7-8,12-13,16,18,21,23,25,33H,3,5-6,9-11,14-15,17,19-20H2,1-2H3/t21-,23+,25-/m1/s1. The summed E-state index contributed by atoms with van der Waals surface area (Å²) in [5, 5.41) is 10.7. The highest BCUT2D eigenvalue weighted by molar-refractivity contribution is 7.13. The van der Waals surface area contributed by atoms with Crippen LogP contribution < -0.4 is 0 Å². The van der Waals surface area contributed by atoms with Crippen LogP contribution in [-0.4, -0.2) is 53.6 Å². The van der Waals surface area contributed by atoms with Crippen LogP contribution in [0.1, 0.15) is 78.4 Å². The van der Waals surface area contributed by atoms with Crippen molar-refractivity contribution in [2.45, 2.75) is 89.2 Å². The zero-order valence-corrected chi connectivity index (χ0v) is 22.7. The van der Waals surface area contributed by atoms with Gasteiger partial charge in [-0.3, -0.25) is 4.79 Å². The summed E-state index contributed by atoms with van der Waals surface area (Å²) in [6.07, 6.45) is 6.01. The molecule has 2 heterocycles. The second kappa shape index (κ2) is 14.0. The lowest BCUT2D eigenvalue weighted by Gasteiger charge is -2.26. The number of methoxy groups -OCH3 is 1. The van der Waals surface area contributed by atoms with Crippen molar-refractivity contribution < 1.29 is 28.2 Å². The van der Waals surface area contributed by atoms with E-state index in [0.717, 1.165) is 37.0 Å². The average Bonchev–Trinajstić information content (AvgIpc) is 3.45. The molecule has 1 aromatic heterocycles. The van der Waals surface area contributed by atoms with E-state index in [9.17, 15) is 23.5 Å². The van der Waals surface area contributed by atoms with Crippen molar-refractivity contribution in [3.05, 3.63) is 57.8 Å². The molecular weight excluding hydrogens is 496 g/mol. The molecule has 0 spiro atoms. The van der Waals surface area contributed by atoms with Crippen LogP contribution in [0, 0.1) is 5.92 Å². The number of likely N-dealkylation sites (tertiary alicyclic amines) is 1. The average molecular weight is 536 g/mol. The lowest BCUT2D eigenvalue weighted by atomic mass is 9.92. The predicted molar refractivity (Wildman–Crippen MR) is 142 cm³/mol. The van der Waals surface area contributed by atoms with Crippen LogP contribution in [0.25, 0.3) is 0 Å². The number of aliphatic hydroxyl groups excluding tert-OH is 1. The van der Waals surface area contributed by atoms with Gasteiger partial charge in [0.1, 0.15) is 4.88 Å². The molecule has 1 aliphatic rings. The van der Waals surface area contributed by atoms with Crippen molar-refractivity contribution in [2.24, 2.45) is 5.92 Å². The van der Waals surface area contributed by atoms with Gasteiger partial charge >= 0.3 is 11.9 Å². The Labute approximate surface area is 222 Å². The Kier molecular flexibility index (Phi) is 11.1. The number of esters is 1. The molecule has 1 aliphatic heterocycles. The van der Waals surface area contributed by atoms with E-state index in [4.69, 9.17) is 4.74 Å². The number of aryl methyl sites for hydroxylation is 2. The van der Waals surface area contributed by atoms with E-state index < -0.39 is 36.4 Å². The molecule has 5 nitrogen and oxygen atoms in total. The number of aliphatic hydroxyl groups is 1. The number of halogens is 2. The number of amides is 1. The number of hydrogen-bond donors (Lipinski definition) is 1. The number of rotatable bonds is 15.